The van der Waals surface area contributed by atoms with Gasteiger partial charge in [-0.3, -0.25) is 0 Å². The van der Waals surface area contributed by atoms with Crippen molar-refractivity contribution in [2.45, 2.75) is 13.0 Å². The van der Waals surface area contributed by atoms with E-state index in [9.17, 15) is 0 Å². The summed E-state index contributed by atoms with van der Waals surface area (Å²) in [7, 11) is 1.98. The minimum atomic E-state index is -0.141. The van der Waals surface area contributed by atoms with Gasteiger partial charge in [-0.2, -0.15) is 0 Å². The molecule has 1 N–H and O–H groups in total. The van der Waals surface area contributed by atoms with Gasteiger partial charge >= 0.3 is 0 Å². The van der Waals surface area contributed by atoms with E-state index in [4.69, 9.17) is 4.42 Å². The van der Waals surface area contributed by atoms with Crippen LogP contribution >= 0.6 is 15.9 Å². The largest absolute Gasteiger partial charge is 0.467 e. The summed E-state index contributed by atoms with van der Waals surface area (Å²) in [6.45, 7) is 2.07. The van der Waals surface area contributed by atoms with Crippen LogP contribution in [-0.2, 0) is 7.05 Å². The molecule has 108 valence electrons. The van der Waals surface area contributed by atoms with Gasteiger partial charge in [-0.15, -0.1) is 0 Å². The second-order valence-corrected chi connectivity index (χ2v) is 5.83. The first-order valence-corrected chi connectivity index (χ1v) is 7.48. The molecule has 1 unspecified atom stereocenters. The number of aryl methyl sites for hydroxylation is 2. The van der Waals surface area contributed by atoms with Gasteiger partial charge in [-0.25, -0.2) is 4.98 Å². The summed E-state index contributed by atoms with van der Waals surface area (Å²) in [5, 5.41) is 3.51. The lowest BCUT2D eigenvalue weighted by Gasteiger charge is -2.19. The molecule has 5 heteroatoms. The fraction of sp³-hybridized carbons (Fsp3) is 0.188. The number of aromatic nitrogens is 2. The first-order chi connectivity index (χ1) is 10.1. The van der Waals surface area contributed by atoms with Crippen LogP contribution in [0.15, 0.2) is 57.9 Å². The van der Waals surface area contributed by atoms with E-state index in [-0.39, 0.29) is 6.04 Å². The Bertz CT molecular complexity index is 734. The Balaban J connectivity index is 2.01. The number of hydrogen-bond donors (Lipinski definition) is 1. The van der Waals surface area contributed by atoms with Gasteiger partial charge in [0.1, 0.15) is 17.6 Å². The van der Waals surface area contributed by atoms with Gasteiger partial charge in [0, 0.05) is 29.6 Å². The molecule has 1 aromatic carbocycles. The van der Waals surface area contributed by atoms with Gasteiger partial charge in [-0.1, -0.05) is 6.07 Å². The highest BCUT2D eigenvalue weighted by molar-refractivity contribution is 9.10. The SMILES string of the molecule is Cc1ccc(Br)c(NC(c2ccco2)c2nccn2C)c1. The van der Waals surface area contributed by atoms with Gasteiger partial charge in [0.05, 0.1) is 6.26 Å². The number of imidazole rings is 1. The lowest BCUT2D eigenvalue weighted by atomic mass is 10.1. The first kappa shape index (κ1) is 13.9. The summed E-state index contributed by atoms with van der Waals surface area (Å²) < 4.78 is 8.59. The molecule has 4 nitrogen and oxygen atoms in total. The summed E-state index contributed by atoms with van der Waals surface area (Å²) in [5.74, 6) is 1.73. The number of anilines is 1. The zero-order valence-electron chi connectivity index (χ0n) is 11.9. The van der Waals surface area contributed by atoms with E-state index in [1.807, 2.05) is 36.0 Å². The Hall–Kier alpha value is -2.01. The molecule has 0 aliphatic heterocycles. The zero-order valence-corrected chi connectivity index (χ0v) is 13.5. The molecule has 0 radical (unpaired) electrons. The van der Waals surface area contributed by atoms with Crippen LogP contribution in [0.2, 0.25) is 0 Å². The van der Waals surface area contributed by atoms with Crippen molar-refractivity contribution in [1.29, 1.82) is 0 Å². The molecular formula is C16H16BrN3O. The third-order valence-electron chi connectivity index (χ3n) is 3.37. The smallest absolute Gasteiger partial charge is 0.143 e. The van der Waals surface area contributed by atoms with Crippen LogP contribution in [0.25, 0.3) is 0 Å². The van der Waals surface area contributed by atoms with Crippen LogP contribution in [-0.4, -0.2) is 9.55 Å². The highest BCUT2D eigenvalue weighted by Crippen LogP contribution is 2.30. The minimum Gasteiger partial charge on any atom is -0.467 e. The van der Waals surface area contributed by atoms with Crippen LogP contribution in [0.3, 0.4) is 0 Å². The second kappa shape index (κ2) is 5.77. The minimum absolute atomic E-state index is 0.141. The van der Waals surface area contributed by atoms with Gasteiger partial charge in [0.2, 0.25) is 0 Å². The Kier molecular flexibility index (Phi) is 3.84. The van der Waals surface area contributed by atoms with E-state index in [2.05, 4.69) is 45.3 Å². The molecule has 0 aliphatic carbocycles. The maximum atomic E-state index is 5.59. The first-order valence-electron chi connectivity index (χ1n) is 6.68. The maximum Gasteiger partial charge on any atom is 0.143 e. The standard InChI is InChI=1S/C16H16BrN3O/c1-11-5-6-12(17)13(10-11)19-15(14-4-3-9-21-14)16-18-7-8-20(16)2/h3-10,15,19H,1-2H3. The van der Waals surface area contributed by atoms with Crippen molar-refractivity contribution in [2.75, 3.05) is 5.32 Å². The van der Waals surface area contributed by atoms with E-state index < -0.39 is 0 Å². The number of rotatable bonds is 4. The van der Waals surface area contributed by atoms with Crippen molar-refractivity contribution >= 4 is 21.6 Å². The fourth-order valence-corrected chi connectivity index (χ4v) is 2.64. The van der Waals surface area contributed by atoms with E-state index in [0.29, 0.717) is 0 Å². The van der Waals surface area contributed by atoms with E-state index in [1.165, 1.54) is 5.56 Å². The van der Waals surface area contributed by atoms with Crippen LogP contribution in [0.1, 0.15) is 23.2 Å². The Labute approximate surface area is 131 Å². The lowest BCUT2D eigenvalue weighted by molar-refractivity contribution is 0.488. The molecular weight excluding hydrogens is 330 g/mol. The Morgan fingerprint density at radius 3 is 2.86 bits per heavy atom. The average Bonchev–Trinajstić information content (AvgIpc) is 3.11. The molecule has 0 aliphatic rings. The molecule has 0 saturated carbocycles. The third kappa shape index (κ3) is 2.88. The number of halogens is 1. The lowest BCUT2D eigenvalue weighted by Crippen LogP contribution is -2.16. The number of nitrogens with zero attached hydrogens (tertiary/aromatic N) is 2. The molecule has 3 aromatic rings. The second-order valence-electron chi connectivity index (χ2n) is 4.97. The van der Waals surface area contributed by atoms with E-state index in [1.54, 1.807) is 12.5 Å². The molecule has 21 heavy (non-hydrogen) atoms. The zero-order chi connectivity index (χ0) is 14.8. The van der Waals surface area contributed by atoms with Crippen LogP contribution in [0.4, 0.5) is 5.69 Å². The fourth-order valence-electron chi connectivity index (χ4n) is 2.28. The van der Waals surface area contributed by atoms with Crippen LogP contribution in [0, 0.1) is 6.92 Å². The summed E-state index contributed by atoms with van der Waals surface area (Å²) in [6, 6.07) is 9.91. The van der Waals surface area contributed by atoms with Crippen molar-refractivity contribution in [3.8, 4) is 0 Å². The van der Waals surface area contributed by atoms with Crippen molar-refractivity contribution in [1.82, 2.24) is 9.55 Å². The van der Waals surface area contributed by atoms with Crippen molar-refractivity contribution < 1.29 is 4.42 Å². The monoisotopic (exact) mass is 345 g/mol. The quantitative estimate of drug-likeness (QED) is 0.767. The molecule has 0 amide bonds. The molecule has 2 aromatic heterocycles. The molecule has 1 atom stereocenters. The topological polar surface area (TPSA) is 43.0 Å². The molecule has 3 rings (SSSR count). The van der Waals surface area contributed by atoms with Gasteiger partial charge in [0.15, 0.2) is 0 Å². The Morgan fingerprint density at radius 1 is 1.33 bits per heavy atom. The summed E-state index contributed by atoms with van der Waals surface area (Å²) >= 11 is 3.58. The van der Waals surface area contributed by atoms with Crippen molar-refractivity contribution in [3.63, 3.8) is 0 Å². The predicted octanol–water partition coefficient (Wildman–Crippen LogP) is 4.29. The molecule has 2 heterocycles. The van der Waals surface area contributed by atoms with Gasteiger partial charge in [-0.05, 0) is 52.7 Å². The van der Waals surface area contributed by atoms with E-state index >= 15 is 0 Å². The number of hydrogen-bond acceptors (Lipinski definition) is 3. The molecule has 0 bridgehead atoms. The average molecular weight is 346 g/mol. The molecule has 0 spiro atoms. The summed E-state index contributed by atoms with van der Waals surface area (Å²) in [6.07, 6.45) is 5.40. The summed E-state index contributed by atoms with van der Waals surface area (Å²) in [5.41, 5.74) is 2.21. The highest BCUT2D eigenvalue weighted by atomic mass is 79.9. The van der Waals surface area contributed by atoms with Crippen molar-refractivity contribution in [3.05, 3.63) is 70.6 Å². The number of nitrogens with one attached hydrogen (secondary N) is 1. The maximum absolute atomic E-state index is 5.59. The highest BCUT2D eigenvalue weighted by Gasteiger charge is 2.21. The van der Waals surface area contributed by atoms with Crippen molar-refractivity contribution in [2.24, 2.45) is 7.05 Å². The molecule has 0 saturated heterocycles. The van der Waals surface area contributed by atoms with Crippen LogP contribution < -0.4 is 5.32 Å². The third-order valence-corrected chi connectivity index (χ3v) is 4.06. The normalized spacial score (nSPS) is 12.3. The van der Waals surface area contributed by atoms with Crippen LogP contribution in [0.5, 0.6) is 0 Å². The van der Waals surface area contributed by atoms with E-state index in [0.717, 1.165) is 21.7 Å². The predicted molar refractivity (Wildman–Crippen MR) is 86.3 cm³/mol. The Morgan fingerprint density at radius 2 is 2.19 bits per heavy atom. The number of furan rings is 1. The summed E-state index contributed by atoms with van der Waals surface area (Å²) in [4.78, 5) is 4.45. The number of benzene rings is 1. The van der Waals surface area contributed by atoms with Gasteiger partial charge < -0.3 is 14.3 Å². The molecule has 0 fully saturated rings. The van der Waals surface area contributed by atoms with Gasteiger partial charge in [0.25, 0.3) is 0 Å².